The highest BCUT2D eigenvalue weighted by molar-refractivity contribution is 5.68. The van der Waals surface area contributed by atoms with Crippen molar-refractivity contribution in [2.45, 2.75) is 19.1 Å². The molecule has 0 spiro atoms. The van der Waals surface area contributed by atoms with Gasteiger partial charge in [-0.25, -0.2) is 0 Å². The number of carbonyl (C=O) groups is 2. The number of hydrogen-bond acceptors (Lipinski definition) is 4. The molecule has 2 N–H and O–H groups in total. The third kappa shape index (κ3) is 4.38. The zero-order valence-electron chi connectivity index (χ0n) is 10.5. The summed E-state index contributed by atoms with van der Waals surface area (Å²) in [5.41, 5.74) is 0.316. The molecule has 0 saturated carbocycles. The van der Waals surface area contributed by atoms with Gasteiger partial charge >= 0.3 is 12.6 Å². The maximum absolute atomic E-state index is 12.3. The van der Waals surface area contributed by atoms with E-state index in [1.165, 1.54) is 25.3 Å². The Morgan fingerprint density at radius 3 is 2.65 bits per heavy atom. The SMILES string of the molecule is COc1ccc([C@@H](CC(=O)O)NC=O)cc1OC(F)F. The Bertz CT molecular complexity index is 481. The van der Waals surface area contributed by atoms with Crippen molar-refractivity contribution >= 4 is 12.4 Å². The average Bonchev–Trinajstić information content (AvgIpc) is 2.37. The number of nitrogens with one attached hydrogen (secondary N) is 1. The number of carboxylic acid groups (broad SMARTS) is 1. The molecule has 0 aromatic heterocycles. The normalized spacial score (nSPS) is 11.8. The van der Waals surface area contributed by atoms with Gasteiger partial charge in [0.15, 0.2) is 11.5 Å². The minimum Gasteiger partial charge on any atom is -0.493 e. The van der Waals surface area contributed by atoms with Crippen molar-refractivity contribution in [2.75, 3.05) is 7.11 Å². The van der Waals surface area contributed by atoms with Gasteiger partial charge in [0.05, 0.1) is 19.6 Å². The predicted octanol–water partition coefficient (Wildman–Crippen LogP) is 1.56. The lowest BCUT2D eigenvalue weighted by Crippen LogP contribution is -2.22. The highest BCUT2D eigenvalue weighted by Gasteiger charge is 2.18. The topological polar surface area (TPSA) is 84.9 Å². The van der Waals surface area contributed by atoms with Gasteiger partial charge in [0, 0.05) is 0 Å². The van der Waals surface area contributed by atoms with Crippen molar-refractivity contribution in [3.8, 4) is 11.5 Å². The van der Waals surface area contributed by atoms with Crippen molar-refractivity contribution < 1.29 is 33.0 Å². The summed E-state index contributed by atoms with van der Waals surface area (Å²) in [6, 6.07) is 3.17. The molecule has 0 aliphatic carbocycles. The van der Waals surface area contributed by atoms with Crippen molar-refractivity contribution in [1.82, 2.24) is 5.32 Å². The second-order valence-electron chi connectivity index (χ2n) is 3.72. The molecule has 1 amide bonds. The van der Waals surface area contributed by atoms with Crippen LogP contribution < -0.4 is 14.8 Å². The number of methoxy groups -OCH3 is 1. The number of carbonyl (C=O) groups excluding carboxylic acids is 1. The van der Waals surface area contributed by atoms with Gasteiger partial charge in [0.25, 0.3) is 0 Å². The quantitative estimate of drug-likeness (QED) is 0.709. The standard InChI is InChI=1S/C12H13F2NO5/c1-19-9-3-2-7(4-10(9)20-12(13)14)8(15-6-16)5-11(17)18/h2-4,6,8,12H,5H2,1H3,(H,15,16)(H,17,18)/t8-/m1/s1. The van der Waals surface area contributed by atoms with Crippen LogP contribution in [-0.4, -0.2) is 31.2 Å². The summed E-state index contributed by atoms with van der Waals surface area (Å²) in [5.74, 6) is -1.30. The molecule has 1 rings (SSSR count). The van der Waals surface area contributed by atoms with Crippen LogP contribution in [0, 0.1) is 0 Å². The van der Waals surface area contributed by atoms with Gasteiger partial charge in [0.2, 0.25) is 6.41 Å². The van der Waals surface area contributed by atoms with Crippen LogP contribution in [0.3, 0.4) is 0 Å². The summed E-state index contributed by atoms with van der Waals surface area (Å²) in [6.07, 6.45) is -0.0509. The molecule has 0 heterocycles. The Morgan fingerprint density at radius 2 is 2.15 bits per heavy atom. The molecule has 0 bridgehead atoms. The lowest BCUT2D eigenvalue weighted by Gasteiger charge is -2.17. The summed E-state index contributed by atoms with van der Waals surface area (Å²) in [7, 11) is 1.28. The van der Waals surface area contributed by atoms with Crippen LogP contribution in [0.1, 0.15) is 18.0 Å². The van der Waals surface area contributed by atoms with Crippen molar-refractivity contribution in [1.29, 1.82) is 0 Å². The maximum atomic E-state index is 12.3. The number of halogens is 2. The molecule has 6 nitrogen and oxygen atoms in total. The van der Waals surface area contributed by atoms with Gasteiger partial charge in [-0.2, -0.15) is 8.78 Å². The summed E-state index contributed by atoms with van der Waals surface area (Å²) >= 11 is 0. The molecule has 1 atom stereocenters. The van der Waals surface area contributed by atoms with Gasteiger partial charge in [-0.3, -0.25) is 9.59 Å². The summed E-state index contributed by atoms with van der Waals surface area (Å²) in [6.45, 7) is -3.05. The van der Waals surface area contributed by atoms with E-state index in [0.717, 1.165) is 0 Å². The summed E-state index contributed by atoms with van der Waals surface area (Å²) in [4.78, 5) is 21.2. The Labute approximate surface area is 113 Å². The molecule has 0 unspecified atom stereocenters. The molecular formula is C12H13F2NO5. The number of rotatable bonds is 8. The first-order chi connectivity index (χ1) is 9.47. The fourth-order valence-electron chi connectivity index (χ4n) is 1.63. The van der Waals surface area contributed by atoms with Crippen LogP contribution in [0.5, 0.6) is 11.5 Å². The Morgan fingerprint density at radius 1 is 1.45 bits per heavy atom. The molecule has 0 radical (unpaired) electrons. The van der Waals surface area contributed by atoms with Crippen molar-refractivity contribution in [2.24, 2.45) is 0 Å². The van der Waals surface area contributed by atoms with Crippen LogP contribution in [0.2, 0.25) is 0 Å². The van der Waals surface area contributed by atoms with E-state index in [2.05, 4.69) is 10.1 Å². The fourth-order valence-corrected chi connectivity index (χ4v) is 1.63. The van der Waals surface area contributed by atoms with E-state index in [1.54, 1.807) is 0 Å². The van der Waals surface area contributed by atoms with E-state index in [-0.39, 0.29) is 17.9 Å². The minimum atomic E-state index is -3.05. The third-order valence-corrected chi connectivity index (χ3v) is 2.45. The highest BCUT2D eigenvalue weighted by atomic mass is 19.3. The molecule has 8 heteroatoms. The Hall–Kier alpha value is -2.38. The third-order valence-electron chi connectivity index (χ3n) is 2.45. The molecule has 0 aliphatic rings. The van der Waals surface area contributed by atoms with Crippen LogP contribution in [0.15, 0.2) is 18.2 Å². The van der Waals surface area contributed by atoms with Crippen LogP contribution in [0.25, 0.3) is 0 Å². The first kappa shape index (κ1) is 15.7. The molecule has 0 fully saturated rings. The number of benzene rings is 1. The summed E-state index contributed by atoms with van der Waals surface area (Å²) < 4.78 is 33.7. The fraction of sp³-hybridized carbons (Fsp3) is 0.333. The van der Waals surface area contributed by atoms with Crippen LogP contribution in [0.4, 0.5) is 8.78 Å². The molecular weight excluding hydrogens is 276 g/mol. The van der Waals surface area contributed by atoms with E-state index in [4.69, 9.17) is 9.84 Å². The predicted molar refractivity (Wildman–Crippen MR) is 63.8 cm³/mol. The zero-order valence-corrected chi connectivity index (χ0v) is 10.5. The zero-order chi connectivity index (χ0) is 15.1. The molecule has 110 valence electrons. The smallest absolute Gasteiger partial charge is 0.387 e. The van der Waals surface area contributed by atoms with Gasteiger partial charge in [0.1, 0.15) is 0 Å². The van der Waals surface area contributed by atoms with E-state index >= 15 is 0 Å². The Balaban J connectivity index is 3.08. The average molecular weight is 289 g/mol. The van der Waals surface area contributed by atoms with E-state index in [1.807, 2.05) is 0 Å². The van der Waals surface area contributed by atoms with E-state index < -0.39 is 18.6 Å². The molecule has 1 aromatic carbocycles. The number of ether oxygens (including phenoxy) is 2. The number of amides is 1. The number of aliphatic carboxylic acids is 1. The van der Waals surface area contributed by atoms with Crippen LogP contribution in [-0.2, 0) is 9.59 Å². The second-order valence-corrected chi connectivity index (χ2v) is 3.72. The number of alkyl halides is 2. The largest absolute Gasteiger partial charge is 0.493 e. The molecule has 0 saturated heterocycles. The first-order valence-corrected chi connectivity index (χ1v) is 5.52. The Kier molecular flexibility index (Phi) is 5.70. The van der Waals surface area contributed by atoms with Gasteiger partial charge in [-0.05, 0) is 17.7 Å². The first-order valence-electron chi connectivity index (χ1n) is 5.52. The van der Waals surface area contributed by atoms with E-state index in [0.29, 0.717) is 12.0 Å². The molecule has 20 heavy (non-hydrogen) atoms. The molecule has 0 aliphatic heterocycles. The second kappa shape index (κ2) is 7.27. The highest BCUT2D eigenvalue weighted by Crippen LogP contribution is 2.32. The molecule has 1 aromatic rings. The van der Waals surface area contributed by atoms with Crippen molar-refractivity contribution in [3.05, 3.63) is 23.8 Å². The van der Waals surface area contributed by atoms with Gasteiger partial charge in [-0.1, -0.05) is 6.07 Å². The lowest BCUT2D eigenvalue weighted by molar-refractivity contribution is -0.137. The maximum Gasteiger partial charge on any atom is 0.387 e. The lowest BCUT2D eigenvalue weighted by atomic mass is 10.0. The minimum absolute atomic E-state index is 0.0780. The number of hydrogen-bond donors (Lipinski definition) is 2. The summed E-state index contributed by atoms with van der Waals surface area (Å²) in [5, 5.41) is 11.1. The van der Waals surface area contributed by atoms with Crippen LogP contribution >= 0.6 is 0 Å². The van der Waals surface area contributed by atoms with E-state index in [9.17, 15) is 18.4 Å². The van der Waals surface area contributed by atoms with Gasteiger partial charge in [-0.15, -0.1) is 0 Å². The number of carboxylic acids is 1. The van der Waals surface area contributed by atoms with Crippen molar-refractivity contribution in [3.63, 3.8) is 0 Å². The monoisotopic (exact) mass is 289 g/mol. The van der Waals surface area contributed by atoms with Gasteiger partial charge < -0.3 is 19.9 Å².